The van der Waals surface area contributed by atoms with Gasteiger partial charge in [0.1, 0.15) is 17.2 Å². The standard InChI is InChI=1S/C56H54N6O8Si/c1-36-54(71(3,4)42-24-22-41(67-2)23-25-42)51(27-28-59-32-45(57-58-59)43(33-63)38-14-6-5-7-15-38)70-56(36)44-30-40(62-48-18-9-11-20-50(48)69-35-53(62)65)21-26-46(44)60(55(56)66)31-37-13-12-16-39(29-37)61-47-17-8-10-19-49(47)68-34-52(61)64/h5-26,29-30,32,36,43,51,54,63H,27-28,31,33-35H2,1-4H3/t36-,43?,51+,54-,56+/m0/s1. The fourth-order valence-corrected chi connectivity index (χ4v) is 15.6. The highest BCUT2D eigenvalue weighted by atomic mass is 28.3. The third-order valence-electron chi connectivity index (χ3n) is 14.9. The normalized spacial score (nSPS) is 20.9. The Morgan fingerprint density at radius 1 is 0.761 bits per heavy atom. The molecule has 0 saturated carbocycles. The predicted molar refractivity (Wildman–Crippen MR) is 272 cm³/mol. The van der Waals surface area contributed by atoms with Crippen molar-refractivity contribution in [1.29, 1.82) is 0 Å². The highest BCUT2D eigenvalue weighted by Crippen LogP contribution is 2.61. The van der Waals surface area contributed by atoms with Gasteiger partial charge in [-0.2, -0.15) is 0 Å². The van der Waals surface area contributed by atoms with Crippen LogP contribution in [0.1, 0.15) is 41.6 Å². The van der Waals surface area contributed by atoms with Gasteiger partial charge in [0, 0.05) is 35.6 Å². The maximum atomic E-state index is 16.1. The lowest BCUT2D eigenvalue weighted by atomic mass is 9.82. The Balaban J connectivity index is 1.01. The molecule has 5 heterocycles. The van der Waals surface area contributed by atoms with Crippen LogP contribution in [0, 0.1) is 5.92 Å². The van der Waals surface area contributed by atoms with Crippen molar-refractivity contribution in [3.05, 3.63) is 174 Å². The van der Waals surface area contributed by atoms with Crippen molar-refractivity contribution in [1.82, 2.24) is 15.0 Å². The van der Waals surface area contributed by atoms with Crippen LogP contribution in [-0.4, -0.2) is 78.9 Å². The zero-order valence-electron chi connectivity index (χ0n) is 40.0. The van der Waals surface area contributed by atoms with Crippen LogP contribution >= 0.6 is 0 Å². The Labute approximate surface area is 413 Å². The average Bonchev–Trinajstić information content (AvgIpc) is 4.06. The van der Waals surface area contributed by atoms with Gasteiger partial charge < -0.3 is 29.0 Å². The van der Waals surface area contributed by atoms with E-state index in [9.17, 15) is 14.7 Å². The molecule has 71 heavy (non-hydrogen) atoms. The molecule has 3 amide bonds. The predicted octanol–water partition coefficient (Wildman–Crippen LogP) is 8.38. The second kappa shape index (κ2) is 18.3. The number of ether oxygens (including phenoxy) is 4. The van der Waals surface area contributed by atoms with Crippen molar-refractivity contribution in [2.75, 3.05) is 41.6 Å². The Morgan fingerprint density at radius 2 is 1.41 bits per heavy atom. The van der Waals surface area contributed by atoms with E-state index >= 15 is 4.79 Å². The number of aliphatic hydroxyl groups is 1. The summed E-state index contributed by atoms with van der Waals surface area (Å²) in [4.78, 5) is 48.6. The molecule has 1 unspecified atom stereocenters. The molecule has 6 aromatic carbocycles. The van der Waals surface area contributed by atoms with Crippen LogP contribution in [0.15, 0.2) is 152 Å². The Morgan fingerprint density at radius 3 is 2.07 bits per heavy atom. The van der Waals surface area contributed by atoms with Crippen LogP contribution < -0.4 is 34.1 Å². The Hall–Kier alpha value is -7.59. The van der Waals surface area contributed by atoms with Crippen LogP contribution in [-0.2, 0) is 37.8 Å². The second-order valence-corrected chi connectivity index (χ2v) is 23.9. The Kier molecular flexibility index (Phi) is 11.8. The molecular weight excluding hydrogens is 913 g/mol. The van der Waals surface area contributed by atoms with E-state index in [0.29, 0.717) is 64.2 Å². The molecule has 5 atom stereocenters. The molecule has 15 heteroatoms. The van der Waals surface area contributed by atoms with E-state index in [1.54, 1.807) is 21.6 Å². The number of hydrogen-bond donors (Lipinski definition) is 1. The zero-order valence-corrected chi connectivity index (χ0v) is 41.0. The molecule has 0 bridgehead atoms. The summed E-state index contributed by atoms with van der Waals surface area (Å²) in [6, 6.07) is 46.5. The van der Waals surface area contributed by atoms with Gasteiger partial charge in [-0.05, 0) is 89.8 Å². The lowest BCUT2D eigenvalue weighted by Gasteiger charge is -2.37. The van der Waals surface area contributed by atoms with E-state index < -0.39 is 19.8 Å². The van der Waals surface area contributed by atoms with Crippen molar-refractivity contribution in [3.8, 4) is 17.2 Å². The van der Waals surface area contributed by atoms with E-state index in [-0.39, 0.29) is 61.5 Å². The summed E-state index contributed by atoms with van der Waals surface area (Å²) >= 11 is 0. The van der Waals surface area contributed by atoms with Crippen molar-refractivity contribution in [2.45, 2.75) is 62.7 Å². The van der Waals surface area contributed by atoms with Gasteiger partial charge >= 0.3 is 0 Å². The molecule has 1 fully saturated rings. The van der Waals surface area contributed by atoms with Gasteiger partial charge in [0.15, 0.2) is 18.8 Å². The summed E-state index contributed by atoms with van der Waals surface area (Å²) in [5.74, 6) is 0.633. The van der Waals surface area contributed by atoms with Crippen LogP contribution in [0.5, 0.6) is 17.2 Å². The summed E-state index contributed by atoms with van der Waals surface area (Å²) in [6.45, 7) is 7.11. The third-order valence-corrected chi connectivity index (χ3v) is 19.3. The molecule has 4 aliphatic heterocycles. The minimum Gasteiger partial charge on any atom is -0.497 e. The summed E-state index contributed by atoms with van der Waals surface area (Å²) in [6.07, 6.45) is 1.98. The lowest BCUT2D eigenvalue weighted by Crippen LogP contribution is -2.51. The van der Waals surface area contributed by atoms with Gasteiger partial charge in [0.05, 0.1) is 63.1 Å². The summed E-state index contributed by atoms with van der Waals surface area (Å²) in [5, 5.41) is 20.7. The number of benzene rings is 6. The fourth-order valence-electron chi connectivity index (χ4n) is 11.5. The molecule has 360 valence electrons. The lowest BCUT2D eigenvalue weighted by molar-refractivity contribution is -0.146. The molecule has 11 rings (SSSR count). The smallest absolute Gasteiger partial charge is 0.269 e. The number of carbonyl (C=O) groups is 3. The molecule has 0 aliphatic carbocycles. The zero-order chi connectivity index (χ0) is 49.0. The van der Waals surface area contributed by atoms with Crippen molar-refractivity contribution >= 4 is 59.4 Å². The molecule has 1 N–H and O–H groups in total. The maximum absolute atomic E-state index is 16.1. The Bertz CT molecular complexity index is 3170. The first-order valence-corrected chi connectivity index (χ1v) is 27.1. The molecule has 1 saturated heterocycles. The van der Waals surface area contributed by atoms with Gasteiger partial charge in [-0.1, -0.05) is 109 Å². The number of fused-ring (bicyclic) bond motifs is 4. The van der Waals surface area contributed by atoms with Crippen LogP contribution in [0.2, 0.25) is 18.6 Å². The van der Waals surface area contributed by atoms with E-state index in [2.05, 4.69) is 42.5 Å². The van der Waals surface area contributed by atoms with Gasteiger partial charge in [-0.15, -0.1) is 5.10 Å². The van der Waals surface area contributed by atoms with Crippen molar-refractivity contribution in [3.63, 3.8) is 0 Å². The molecule has 1 aromatic heterocycles. The number of aromatic nitrogens is 3. The number of amides is 3. The number of carbonyl (C=O) groups excluding carboxylic acids is 3. The van der Waals surface area contributed by atoms with E-state index in [1.807, 2.05) is 145 Å². The number of para-hydroxylation sites is 4. The highest BCUT2D eigenvalue weighted by Gasteiger charge is 2.66. The number of nitrogens with zero attached hydrogens (tertiary/aromatic N) is 6. The SMILES string of the molecule is COc1ccc([Si](C)(C)[C@@H]2[C@@H](CCn3cc(C(CO)c4ccccc4)nn3)O[C@]3(C(=O)N(Cc4cccc(N5C(=O)COc6ccccc65)c4)c4ccc(N5C(=O)COc6ccccc65)cc43)[C@H]2C)cc1. The number of methoxy groups -OCH3 is 1. The first-order valence-electron chi connectivity index (χ1n) is 24.0. The van der Waals surface area contributed by atoms with Gasteiger partial charge in [0.2, 0.25) is 0 Å². The van der Waals surface area contributed by atoms with Gasteiger partial charge in [0.25, 0.3) is 17.7 Å². The van der Waals surface area contributed by atoms with Crippen molar-refractivity contribution < 1.29 is 38.4 Å². The fraction of sp³-hybridized carbons (Fsp3) is 0.268. The van der Waals surface area contributed by atoms with Crippen molar-refractivity contribution in [2.24, 2.45) is 5.92 Å². The third kappa shape index (κ3) is 7.84. The minimum absolute atomic E-state index is 0.0944. The summed E-state index contributed by atoms with van der Waals surface area (Å²) in [7, 11) is -0.916. The van der Waals surface area contributed by atoms with Crippen LogP contribution in [0.4, 0.5) is 28.4 Å². The molecular formula is C56H54N6O8Si. The quantitative estimate of drug-likeness (QED) is 0.112. The number of aliphatic hydroxyl groups excluding tert-OH is 1. The topological polar surface area (TPSA) is 149 Å². The molecule has 7 aromatic rings. The molecule has 14 nitrogen and oxygen atoms in total. The number of rotatable bonds is 13. The van der Waals surface area contributed by atoms with Crippen LogP contribution in [0.3, 0.4) is 0 Å². The number of hydrogen-bond acceptors (Lipinski definition) is 10. The second-order valence-electron chi connectivity index (χ2n) is 19.2. The summed E-state index contributed by atoms with van der Waals surface area (Å²) < 4.78 is 26.6. The summed E-state index contributed by atoms with van der Waals surface area (Å²) in [5.41, 5.74) is 4.72. The van der Waals surface area contributed by atoms with E-state index in [1.165, 1.54) is 5.19 Å². The van der Waals surface area contributed by atoms with E-state index in [0.717, 1.165) is 16.9 Å². The first kappa shape index (κ1) is 45.8. The number of anilines is 5. The molecule has 4 aliphatic rings. The average molecular weight is 967 g/mol. The maximum Gasteiger partial charge on any atom is 0.269 e. The van der Waals surface area contributed by atoms with Crippen LogP contribution in [0.25, 0.3) is 0 Å². The van der Waals surface area contributed by atoms with E-state index in [4.69, 9.17) is 18.9 Å². The largest absolute Gasteiger partial charge is 0.497 e. The molecule has 0 radical (unpaired) electrons. The monoisotopic (exact) mass is 966 g/mol. The number of aryl methyl sites for hydroxylation is 1. The minimum atomic E-state index is -2.57. The van der Waals surface area contributed by atoms with Gasteiger partial charge in [-0.25, -0.2) is 0 Å². The van der Waals surface area contributed by atoms with Gasteiger partial charge in [-0.3, -0.25) is 28.9 Å². The first-order chi connectivity index (χ1) is 34.5. The molecule has 1 spiro atoms. The highest BCUT2D eigenvalue weighted by molar-refractivity contribution is 6.91.